The lowest BCUT2D eigenvalue weighted by atomic mass is 10.3. The van der Waals surface area contributed by atoms with Crippen molar-refractivity contribution in [3.63, 3.8) is 0 Å². The second-order valence-electron chi connectivity index (χ2n) is 5.78. The minimum absolute atomic E-state index is 0.715. The summed E-state index contributed by atoms with van der Waals surface area (Å²) in [4.78, 5) is 0. The van der Waals surface area contributed by atoms with Crippen molar-refractivity contribution in [3.05, 3.63) is 72.8 Å². The van der Waals surface area contributed by atoms with Gasteiger partial charge in [-0.15, -0.1) is 0 Å². The van der Waals surface area contributed by atoms with Crippen molar-refractivity contribution in [2.24, 2.45) is 0 Å². The average Bonchev–Trinajstić information content (AvgIpc) is 2.76. The highest BCUT2D eigenvalue weighted by Crippen LogP contribution is 2.56. The van der Waals surface area contributed by atoms with Crippen molar-refractivity contribution >= 4 is 23.4 Å². The summed E-state index contributed by atoms with van der Waals surface area (Å²) >= 11 is 0. The third-order valence-corrected chi connectivity index (χ3v) is 7.72. The smallest absolute Gasteiger partial charge is 0.287 e. The van der Waals surface area contributed by atoms with Crippen molar-refractivity contribution in [1.29, 1.82) is 0 Å². The van der Waals surface area contributed by atoms with E-state index in [1.54, 1.807) is 21.3 Å². The van der Waals surface area contributed by atoms with Crippen LogP contribution in [0.5, 0.6) is 17.2 Å². The Kier molecular flexibility index (Phi) is 5.97. The summed E-state index contributed by atoms with van der Waals surface area (Å²) in [5.74, 6) is 2.15. The van der Waals surface area contributed by atoms with Crippen LogP contribution in [0, 0.1) is 0 Å². The van der Waals surface area contributed by atoms with E-state index in [9.17, 15) is 5.26 Å². The first-order chi connectivity index (χ1) is 13.2. The Bertz CT molecular complexity index is 745. The number of hydrogen-bond acceptors (Lipinski definition) is 4. The molecule has 139 valence electrons. The largest absolute Gasteiger partial charge is 0.497 e. The van der Waals surface area contributed by atoms with Crippen LogP contribution in [0.4, 0.5) is 0 Å². The highest BCUT2D eigenvalue weighted by Gasteiger charge is 2.50. The summed E-state index contributed by atoms with van der Waals surface area (Å²) < 4.78 is 20.8. The third kappa shape index (κ3) is 3.62. The molecule has 0 aromatic heterocycles. The van der Waals surface area contributed by atoms with Gasteiger partial charge in [-0.05, 0) is 77.5 Å². The maximum absolute atomic E-state index is 12.3. The molecular formula is C21H21O5P+. The van der Waals surface area contributed by atoms with E-state index in [0.29, 0.717) is 17.2 Å². The molecule has 3 aromatic carbocycles. The van der Waals surface area contributed by atoms with E-state index in [-0.39, 0.29) is 0 Å². The van der Waals surface area contributed by atoms with Crippen LogP contribution in [-0.2, 0) is 9.93 Å². The van der Waals surface area contributed by atoms with Crippen LogP contribution in [0.25, 0.3) is 0 Å². The molecule has 0 spiro atoms. The third-order valence-electron chi connectivity index (χ3n) is 4.42. The summed E-state index contributed by atoms with van der Waals surface area (Å²) in [5.41, 5.74) is 0. The van der Waals surface area contributed by atoms with Crippen LogP contribution in [-0.4, -0.2) is 21.3 Å². The number of rotatable bonds is 7. The second-order valence-corrected chi connectivity index (χ2v) is 8.69. The van der Waals surface area contributed by atoms with Gasteiger partial charge in [0.2, 0.25) is 0 Å². The highest BCUT2D eigenvalue weighted by atomic mass is 31.2. The average molecular weight is 384 g/mol. The van der Waals surface area contributed by atoms with Gasteiger partial charge in [-0.2, -0.15) is 0 Å². The highest BCUT2D eigenvalue weighted by molar-refractivity contribution is 7.91. The Balaban J connectivity index is 2.20. The maximum atomic E-state index is 12.3. The lowest BCUT2D eigenvalue weighted by Gasteiger charge is -2.21. The van der Waals surface area contributed by atoms with Gasteiger partial charge in [0.1, 0.15) is 33.2 Å². The molecule has 0 fully saturated rings. The molecule has 0 atom stereocenters. The van der Waals surface area contributed by atoms with E-state index in [4.69, 9.17) is 18.9 Å². The molecule has 27 heavy (non-hydrogen) atoms. The fraction of sp³-hybridized carbons (Fsp3) is 0.143. The molecule has 0 saturated carbocycles. The van der Waals surface area contributed by atoms with Crippen LogP contribution in [0.1, 0.15) is 0 Å². The van der Waals surface area contributed by atoms with Crippen LogP contribution in [0.3, 0.4) is 0 Å². The summed E-state index contributed by atoms with van der Waals surface area (Å²) in [6.07, 6.45) is 0. The molecule has 0 aliphatic heterocycles. The van der Waals surface area contributed by atoms with Crippen molar-refractivity contribution < 1.29 is 24.1 Å². The Labute approximate surface area is 159 Å². The van der Waals surface area contributed by atoms with Gasteiger partial charge < -0.3 is 14.2 Å². The lowest BCUT2D eigenvalue weighted by Crippen LogP contribution is -2.32. The van der Waals surface area contributed by atoms with Crippen molar-refractivity contribution in [2.75, 3.05) is 21.3 Å². The van der Waals surface area contributed by atoms with Crippen LogP contribution in [0.2, 0.25) is 0 Å². The number of hydrogen-bond donors (Lipinski definition) is 0. The SMILES string of the molecule is COc1ccc([P+](O[O])(c2ccc(OC)cc2)c2ccc(OC)cc2)cc1. The molecule has 0 aliphatic carbocycles. The van der Waals surface area contributed by atoms with Gasteiger partial charge in [0.25, 0.3) is 7.49 Å². The molecule has 0 saturated heterocycles. The van der Waals surface area contributed by atoms with Gasteiger partial charge in [-0.1, -0.05) is 0 Å². The predicted octanol–water partition coefficient (Wildman–Crippen LogP) is 3.28. The van der Waals surface area contributed by atoms with E-state index in [0.717, 1.165) is 15.9 Å². The standard InChI is InChI=1S/C21H21O5P/c1-23-16-4-10-19(11-5-16)27(26-22,20-12-6-17(24-2)7-13-20)21-14-8-18(25-3)9-15-21/h4-15H,1-3H3/q+1. The van der Waals surface area contributed by atoms with E-state index < -0.39 is 7.49 Å². The molecule has 0 bridgehead atoms. The normalized spacial score (nSPS) is 11.1. The molecule has 0 heterocycles. The van der Waals surface area contributed by atoms with Crippen LogP contribution >= 0.6 is 7.49 Å². The van der Waals surface area contributed by atoms with Gasteiger partial charge in [0, 0.05) is 5.26 Å². The Morgan fingerprint density at radius 1 is 0.519 bits per heavy atom. The summed E-state index contributed by atoms with van der Waals surface area (Å²) in [6, 6.07) is 22.2. The fourth-order valence-corrected chi connectivity index (χ4v) is 5.81. The van der Waals surface area contributed by atoms with E-state index in [1.807, 2.05) is 72.8 Å². The number of ether oxygens (including phenoxy) is 3. The predicted molar refractivity (Wildman–Crippen MR) is 107 cm³/mol. The van der Waals surface area contributed by atoms with Gasteiger partial charge in [-0.25, -0.2) is 0 Å². The van der Waals surface area contributed by atoms with Gasteiger partial charge >= 0.3 is 0 Å². The van der Waals surface area contributed by atoms with Crippen LogP contribution in [0.15, 0.2) is 72.8 Å². The molecule has 1 radical (unpaired) electrons. The van der Waals surface area contributed by atoms with Crippen LogP contribution < -0.4 is 30.1 Å². The van der Waals surface area contributed by atoms with Gasteiger partial charge in [0.15, 0.2) is 0 Å². The summed E-state index contributed by atoms with van der Waals surface area (Å²) in [5, 5.41) is 14.7. The van der Waals surface area contributed by atoms with Crippen molar-refractivity contribution in [2.45, 2.75) is 0 Å². The van der Waals surface area contributed by atoms with E-state index in [1.165, 1.54) is 0 Å². The molecule has 0 unspecified atom stereocenters. The van der Waals surface area contributed by atoms with E-state index >= 15 is 0 Å². The zero-order chi connectivity index (χ0) is 19.3. The zero-order valence-electron chi connectivity index (χ0n) is 15.4. The molecule has 0 aliphatic rings. The van der Waals surface area contributed by atoms with Crippen molar-refractivity contribution in [1.82, 2.24) is 0 Å². The Morgan fingerprint density at radius 2 is 0.778 bits per heavy atom. The lowest BCUT2D eigenvalue weighted by molar-refractivity contribution is -0.200. The quantitative estimate of drug-likeness (QED) is 0.356. The molecule has 0 N–H and O–H groups in total. The molecule has 0 amide bonds. The maximum Gasteiger partial charge on any atom is 0.287 e. The Hall–Kier alpha value is -2.59. The summed E-state index contributed by atoms with van der Waals surface area (Å²) in [6.45, 7) is 0. The van der Waals surface area contributed by atoms with Gasteiger partial charge in [0.05, 0.1) is 21.3 Å². The first kappa shape index (κ1) is 19.2. The molecule has 5 nitrogen and oxygen atoms in total. The topological polar surface area (TPSA) is 56.8 Å². The van der Waals surface area contributed by atoms with Gasteiger partial charge in [-0.3, -0.25) is 0 Å². The zero-order valence-corrected chi connectivity index (χ0v) is 16.3. The summed E-state index contributed by atoms with van der Waals surface area (Å²) in [7, 11) is 1.97. The Morgan fingerprint density at radius 3 is 0.963 bits per heavy atom. The number of methoxy groups -OCH3 is 3. The molecule has 6 heteroatoms. The molecule has 3 aromatic rings. The van der Waals surface area contributed by atoms with E-state index in [2.05, 4.69) is 0 Å². The monoisotopic (exact) mass is 384 g/mol. The minimum Gasteiger partial charge on any atom is -0.497 e. The first-order valence-electron chi connectivity index (χ1n) is 8.32. The van der Waals surface area contributed by atoms with Crippen molar-refractivity contribution in [3.8, 4) is 17.2 Å². The number of benzene rings is 3. The first-order valence-corrected chi connectivity index (χ1v) is 10.0. The second kappa shape index (κ2) is 8.40. The minimum atomic E-state index is -2.85. The molecular weight excluding hydrogens is 363 g/mol. The fourth-order valence-electron chi connectivity index (χ4n) is 2.95. The molecule has 3 rings (SSSR count).